The van der Waals surface area contributed by atoms with E-state index in [1.54, 1.807) is 22.3 Å². The lowest BCUT2D eigenvalue weighted by Crippen LogP contribution is -2.25. The molecule has 388 valence electrons. The molecule has 10 aromatic carbocycles. The summed E-state index contributed by atoms with van der Waals surface area (Å²) < 4.78 is 0. The van der Waals surface area contributed by atoms with E-state index in [4.69, 9.17) is 0 Å². The summed E-state index contributed by atoms with van der Waals surface area (Å²) in [5.41, 5.74) is 39.1. The molecule has 4 atom stereocenters. The summed E-state index contributed by atoms with van der Waals surface area (Å²) in [6.07, 6.45) is 2.43. The zero-order chi connectivity index (χ0) is 54.1. The van der Waals surface area contributed by atoms with E-state index in [-0.39, 0.29) is 21.7 Å². The molecule has 0 radical (unpaired) electrons. The molecule has 10 aromatic rings. The molecule has 80 heavy (non-hydrogen) atoms. The molecular formula is C79H67N. The van der Waals surface area contributed by atoms with Crippen LogP contribution in [-0.2, 0) is 21.7 Å². The maximum atomic E-state index is 2.64. The quantitative estimate of drug-likeness (QED) is 0.166. The predicted octanol–water partition coefficient (Wildman–Crippen LogP) is 21.2. The van der Waals surface area contributed by atoms with Crippen molar-refractivity contribution in [2.24, 2.45) is 0 Å². The van der Waals surface area contributed by atoms with Crippen LogP contribution in [-0.4, -0.2) is 0 Å². The van der Waals surface area contributed by atoms with Crippen LogP contribution in [0.4, 0.5) is 17.1 Å². The van der Waals surface area contributed by atoms with Crippen molar-refractivity contribution in [1.82, 2.24) is 0 Å². The molecule has 0 aliphatic heterocycles. The Morgan fingerprint density at radius 1 is 0.338 bits per heavy atom. The molecule has 0 bridgehead atoms. The van der Waals surface area contributed by atoms with E-state index in [0.29, 0.717) is 23.7 Å². The minimum absolute atomic E-state index is 0.0305. The second-order valence-electron chi connectivity index (χ2n) is 27.4. The Morgan fingerprint density at radius 3 is 1.45 bits per heavy atom. The average molecular weight is 1030 g/mol. The zero-order valence-electron chi connectivity index (χ0n) is 47.6. The Balaban J connectivity index is 0.871. The van der Waals surface area contributed by atoms with Crippen molar-refractivity contribution in [3.63, 3.8) is 0 Å². The van der Waals surface area contributed by atoms with E-state index < -0.39 is 0 Å². The summed E-state index contributed by atoms with van der Waals surface area (Å²) in [6.45, 7) is 22.0. The monoisotopic (exact) mass is 1030 g/mol. The van der Waals surface area contributed by atoms with Crippen molar-refractivity contribution in [3.05, 3.63) is 255 Å². The topological polar surface area (TPSA) is 3.24 Å². The highest BCUT2D eigenvalue weighted by Crippen LogP contribution is 2.72. The lowest BCUT2D eigenvalue weighted by Gasteiger charge is -2.34. The smallest absolute Gasteiger partial charge is 0.0465 e. The van der Waals surface area contributed by atoms with Gasteiger partial charge in [0, 0.05) is 33.3 Å². The summed E-state index contributed by atoms with van der Waals surface area (Å²) in [4.78, 5) is 2.58. The van der Waals surface area contributed by atoms with Crippen LogP contribution in [0.15, 0.2) is 194 Å². The summed E-state index contributed by atoms with van der Waals surface area (Å²) in [6, 6.07) is 75.6. The molecule has 0 spiro atoms. The number of hydrogen-bond acceptors (Lipinski definition) is 1. The molecule has 0 saturated heterocycles. The Hall–Kier alpha value is -8.00. The van der Waals surface area contributed by atoms with Gasteiger partial charge in [-0.1, -0.05) is 214 Å². The molecule has 2 saturated carbocycles. The maximum absolute atomic E-state index is 2.64. The van der Waals surface area contributed by atoms with Gasteiger partial charge in [-0.2, -0.15) is 0 Å². The van der Waals surface area contributed by atoms with Crippen LogP contribution in [0.5, 0.6) is 0 Å². The average Bonchev–Trinajstić information content (AvgIpc) is 4.36. The predicted molar refractivity (Wildman–Crippen MR) is 334 cm³/mol. The van der Waals surface area contributed by atoms with E-state index in [0.717, 1.165) is 0 Å². The molecule has 4 unspecified atom stereocenters. The van der Waals surface area contributed by atoms with Gasteiger partial charge >= 0.3 is 0 Å². The molecule has 1 nitrogen and oxygen atoms in total. The van der Waals surface area contributed by atoms with Gasteiger partial charge in [-0.05, 0) is 223 Å². The van der Waals surface area contributed by atoms with E-state index in [9.17, 15) is 0 Å². The molecule has 0 N–H and O–H groups in total. The van der Waals surface area contributed by atoms with E-state index in [1.807, 2.05) is 0 Å². The SMILES string of the molecule is CC(C)(C)c1ccc(N(c2ccc3c(c2)C(C)(C)c2cc(-c4ccccc4-c4ccccc4)c4c(c2-3)-c2ccccc2C2CC42)c2ccc3c(c2)C(C)(C)c2c-3c3c(c4c2C(C)(C)c2ccccc2-4)-c2ccccc2C2CC32)cc1. The van der Waals surface area contributed by atoms with Crippen molar-refractivity contribution in [2.75, 3.05) is 4.90 Å². The van der Waals surface area contributed by atoms with Gasteiger partial charge in [0.2, 0.25) is 0 Å². The van der Waals surface area contributed by atoms with Crippen molar-refractivity contribution in [1.29, 1.82) is 0 Å². The van der Waals surface area contributed by atoms with Crippen molar-refractivity contribution >= 4 is 17.1 Å². The van der Waals surface area contributed by atoms with Gasteiger partial charge in [0.15, 0.2) is 0 Å². The third kappa shape index (κ3) is 6.09. The minimum atomic E-state index is -0.284. The number of nitrogens with zero attached hydrogens (tertiary/aromatic N) is 1. The molecule has 0 heterocycles. The van der Waals surface area contributed by atoms with Gasteiger partial charge in [0.05, 0.1) is 0 Å². The van der Waals surface area contributed by atoms with Gasteiger partial charge in [0.25, 0.3) is 0 Å². The third-order valence-corrected chi connectivity index (χ3v) is 21.0. The summed E-state index contributed by atoms with van der Waals surface area (Å²) in [7, 11) is 0. The van der Waals surface area contributed by atoms with Gasteiger partial charge in [-0.25, -0.2) is 0 Å². The fourth-order valence-electron chi connectivity index (χ4n) is 17.0. The lowest BCUT2D eigenvalue weighted by atomic mass is 9.69. The highest BCUT2D eigenvalue weighted by atomic mass is 15.1. The summed E-state index contributed by atoms with van der Waals surface area (Å²) in [5, 5.41) is 0. The Kier molecular flexibility index (Phi) is 9.18. The highest BCUT2D eigenvalue weighted by molar-refractivity contribution is 6.06. The van der Waals surface area contributed by atoms with Crippen LogP contribution in [0.2, 0.25) is 0 Å². The summed E-state index contributed by atoms with van der Waals surface area (Å²) in [5.74, 6) is 2.19. The van der Waals surface area contributed by atoms with Crippen LogP contribution < -0.4 is 4.90 Å². The van der Waals surface area contributed by atoms with Gasteiger partial charge in [-0.3, -0.25) is 0 Å². The maximum Gasteiger partial charge on any atom is 0.0465 e. The second-order valence-corrected chi connectivity index (χ2v) is 27.4. The molecule has 1 heteroatoms. The molecule has 0 amide bonds. The molecule has 7 aliphatic rings. The Bertz CT molecular complexity index is 4380. The fraction of sp³-hybridized carbons (Fsp3) is 0.241. The Labute approximate surface area is 473 Å². The van der Waals surface area contributed by atoms with Crippen LogP contribution >= 0.6 is 0 Å². The van der Waals surface area contributed by atoms with E-state index in [2.05, 4.69) is 261 Å². The molecule has 17 rings (SSSR count). The van der Waals surface area contributed by atoms with Gasteiger partial charge in [-0.15, -0.1) is 0 Å². The first-order valence-corrected chi connectivity index (χ1v) is 29.7. The second kappa shape index (κ2) is 15.7. The first kappa shape index (κ1) is 46.9. The number of anilines is 3. The van der Waals surface area contributed by atoms with Crippen LogP contribution in [0, 0.1) is 0 Å². The largest absolute Gasteiger partial charge is 0.310 e. The molecule has 7 aliphatic carbocycles. The van der Waals surface area contributed by atoms with Crippen molar-refractivity contribution in [2.45, 2.75) is 120 Å². The van der Waals surface area contributed by atoms with Crippen LogP contribution in [0.3, 0.4) is 0 Å². The number of benzene rings is 10. The molecular weight excluding hydrogens is 963 g/mol. The third-order valence-electron chi connectivity index (χ3n) is 21.0. The molecule has 0 aromatic heterocycles. The fourth-order valence-corrected chi connectivity index (χ4v) is 17.0. The summed E-state index contributed by atoms with van der Waals surface area (Å²) >= 11 is 0. The van der Waals surface area contributed by atoms with Crippen molar-refractivity contribution < 1.29 is 0 Å². The number of rotatable bonds is 5. The first-order chi connectivity index (χ1) is 38.6. The van der Waals surface area contributed by atoms with Crippen LogP contribution in [0.25, 0.3) is 77.9 Å². The van der Waals surface area contributed by atoms with Gasteiger partial charge in [0.1, 0.15) is 0 Å². The lowest BCUT2D eigenvalue weighted by molar-refractivity contribution is 0.590. The minimum Gasteiger partial charge on any atom is -0.310 e. The standard InChI is InChI=1S/C79H67N/c1-76(2,3)45-31-33-46(34-32-45)80(48-36-38-57-65(40-48)79(8,9)75-73(57)71-61-42-59(61)52-26-16-18-28-54(52)70(71)72-55-29-19-20-30-63(55)78(6,7)74(72)75)47-35-37-56-64(39-47)77(4,5)66-43-62(50-24-14-13-23-49(50)44-21-11-10-12-22-44)67-60-41-58(60)51-25-15-17-27-53(51)69(67)68(56)66/h10-40,43,58-61H,41-42H2,1-9H3. The highest BCUT2D eigenvalue weighted by Gasteiger charge is 2.55. The Morgan fingerprint density at radius 2 is 0.812 bits per heavy atom. The van der Waals surface area contributed by atoms with Crippen LogP contribution in [0.1, 0.15) is 160 Å². The van der Waals surface area contributed by atoms with E-state index >= 15 is 0 Å². The van der Waals surface area contributed by atoms with Crippen molar-refractivity contribution in [3.8, 4) is 77.9 Å². The number of hydrogen-bond donors (Lipinski definition) is 0. The first-order valence-electron chi connectivity index (χ1n) is 29.7. The number of fused-ring (bicyclic) bond motifs is 25. The van der Waals surface area contributed by atoms with E-state index in [1.165, 1.54) is 147 Å². The normalized spacial score (nSPS) is 20.3. The molecule has 2 fully saturated rings. The van der Waals surface area contributed by atoms with Gasteiger partial charge < -0.3 is 4.90 Å². The zero-order valence-corrected chi connectivity index (χ0v) is 47.6.